The van der Waals surface area contributed by atoms with E-state index in [9.17, 15) is 19.5 Å². The summed E-state index contributed by atoms with van der Waals surface area (Å²) in [7, 11) is 0. The molecule has 7 heteroatoms. The van der Waals surface area contributed by atoms with Gasteiger partial charge in [0.05, 0.1) is 17.4 Å². The van der Waals surface area contributed by atoms with Crippen LogP contribution in [-0.4, -0.2) is 22.9 Å². The van der Waals surface area contributed by atoms with E-state index in [1.807, 2.05) is 30.3 Å². The number of hydrogen-bond donors (Lipinski definition) is 3. The summed E-state index contributed by atoms with van der Waals surface area (Å²) >= 11 is 1.21. The number of primary amides is 1. The highest BCUT2D eigenvalue weighted by Crippen LogP contribution is 2.37. The highest BCUT2D eigenvalue weighted by atomic mass is 32.1. The molecule has 0 saturated carbocycles. The molecule has 158 valence electrons. The quantitative estimate of drug-likeness (QED) is 0.615. The zero-order valence-corrected chi connectivity index (χ0v) is 18.1. The minimum Gasteiger partial charge on any atom is -0.481 e. The standard InChI is InChI=1S/C23H26N2O4S/c1-23(2,3)14-10-8-13(9-11-14)17-12-30-21(18(17)19(24)26)25-20(27)15-6-4-5-7-16(15)22(28)29/h4-5,8-12,15-16H,6-7H2,1-3H3,(H2,24,26)(H,25,27)(H,28,29). The summed E-state index contributed by atoms with van der Waals surface area (Å²) in [4.78, 5) is 36.5. The van der Waals surface area contributed by atoms with Crippen LogP contribution < -0.4 is 11.1 Å². The van der Waals surface area contributed by atoms with Crippen molar-refractivity contribution in [2.75, 3.05) is 5.32 Å². The van der Waals surface area contributed by atoms with E-state index < -0.39 is 29.6 Å². The number of carboxylic acid groups (broad SMARTS) is 1. The van der Waals surface area contributed by atoms with Crippen LogP contribution >= 0.6 is 11.3 Å². The molecule has 1 aliphatic rings. The number of anilines is 1. The van der Waals surface area contributed by atoms with E-state index in [1.54, 1.807) is 11.5 Å². The van der Waals surface area contributed by atoms with Gasteiger partial charge in [-0.1, -0.05) is 57.2 Å². The number of rotatable bonds is 5. The Balaban J connectivity index is 1.90. The third kappa shape index (κ3) is 4.46. The van der Waals surface area contributed by atoms with Gasteiger partial charge in [-0.3, -0.25) is 14.4 Å². The van der Waals surface area contributed by atoms with Crippen molar-refractivity contribution in [1.29, 1.82) is 0 Å². The number of carbonyl (C=O) groups excluding carboxylic acids is 2. The number of allylic oxidation sites excluding steroid dienone is 2. The highest BCUT2D eigenvalue weighted by molar-refractivity contribution is 7.15. The van der Waals surface area contributed by atoms with Crippen molar-refractivity contribution in [3.63, 3.8) is 0 Å². The number of nitrogens with two attached hydrogens (primary N) is 1. The number of carbonyl (C=O) groups is 3. The summed E-state index contributed by atoms with van der Waals surface area (Å²) in [6, 6.07) is 7.91. The molecular weight excluding hydrogens is 400 g/mol. The molecule has 0 fully saturated rings. The minimum atomic E-state index is -1.000. The molecule has 2 amide bonds. The Morgan fingerprint density at radius 2 is 1.67 bits per heavy atom. The van der Waals surface area contributed by atoms with E-state index in [-0.39, 0.29) is 11.0 Å². The van der Waals surface area contributed by atoms with E-state index in [4.69, 9.17) is 5.73 Å². The second-order valence-electron chi connectivity index (χ2n) is 8.53. The average molecular weight is 427 g/mol. The van der Waals surface area contributed by atoms with E-state index in [0.717, 1.165) is 5.56 Å². The number of benzene rings is 1. The smallest absolute Gasteiger partial charge is 0.307 e. The molecule has 0 aliphatic heterocycles. The van der Waals surface area contributed by atoms with Crippen molar-refractivity contribution in [2.24, 2.45) is 17.6 Å². The second kappa shape index (κ2) is 8.44. The van der Waals surface area contributed by atoms with Crippen LogP contribution in [0.15, 0.2) is 41.8 Å². The lowest BCUT2D eigenvalue weighted by molar-refractivity contribution is -0.146. The molecule has 1 aliphatic carbocycles. The van der Waals surface area contributed by atoms with Crippen LogP contribution in [0, 0.1) is 11.8 Å². The molecule has 1 heterocycles. The average Bonchev–Trinajstić information content (AvgIpc) is 3.11. The normalized spacial score (nSPS) is 18.8. The van der Waals surface area contributed by atoms with Gasteiger partial charge in [0.1, 0.15) is 5.00 Å². The molecule has 2 unspecified atom stereocenters. The van der Waals surface area contributed by atoms with Crippen molar-refractivity contribution >= 4 is 34.1 Å². The van der Waals surface area contributed by atoms with Gasteiger partial charge in [-0.25, -0.2) is 0 Å². The maximum Gasteiger partial charge on any atom is 0.307 e. The first-order valence-corrected chi connectivity index (χ1v) is 10.7. The molecule has 30 heavy (non-hydrogen) atoms. The van der Waals surface area contributed by atoms with E-state index >= 15 is 0 Å². The summed E-state index contributed by atoms with van der Waals surface area (Å²) in [5, 5.41) is 14.3. The van der Waals surface area contributed by atoms with Gasteiger partial charge in [-0.05, 0) is 29.4 Å². The van der Waals surface area contributed by atoms with Gasteiger partial charge >= 0.3 is 5.97 Å². The Kier molecular flexibility index (Phi) is 6.12. The Labute approximate surface area is 179 Å². The molecular formula is C23H26N2O4S. The van der Waals surface area contributed by atoms with Gasteiger partial charge in [0.25, 0.3) is 5.91 Å². The summed E-state index contributed by atoms with van der Waals surface area (Å²) < 4.78 is 0. The topological polar surface area (TPSA) is 109 Å². The number of hydrogen-bond acceptors (Lipinski definition) is 4. The number of amides is 2. The Morgan fingerprint density at radius 3 is 2.20 bits per heavy atom. The zero-order chi connectivity index (χ0) is 22.1. The van der Waals surface area contributed by atoms with Crippen LogP contribution in [0.2, 0.25) is 0 Å². The molecule has 2 atom stereocenters. The third-order valence-corrected chi connectivity index (χ3v) is 6.32. The summed E-state index contributed by atoms with van der Waals surface area (Å²) in [5.41, 5.74) is 8.54. The zero-order valence-electron chi connectivity index (χ0n) is 17.3. The summed E-state index contributed by atoms with van der Waals surface area (Å²) in [6.45, 7) is 6.37. The monoisotopic (exact) mass is 426 g/mol. The highest BCUT2D eigenvalue weighted by Gasteiger charge is 2.34. The molecule has 2 aromatic rings. The number of thiophene rings is 1. The molecule has 1 aromatic heterocycles. The molecule has 0 bridgehead atoms. The van der Waals surface area contributed by atoms with Gasteiger partial charge in [0.2, 0.25) is 5.91 Å². The molecule has 4 N–H and O–H groups in total. The van der Waals surface area contributed by atoms with Gasteiger partial charge in [-0.15, -0.1) is 11.3 Å². The van der Waals surface area contributed by atoms with Crippen molar-refractivity contribution in [3.8, 4) is 11.1 Å². The minimum absolute atomic E-state index is 0.00789. The predicted molar refractivity (Wildman–Crippen MR) is 119 cm³/mol. The van der Waals surface area contributed by atoms with Gasteiger partial charge < -0.3 is 16.2 Å². The SMILES string of the molecule is CC(C)(C)c1ccc(-c2csc(NC(=O)C3CC=CCC3C(=O)O)c2C(N)=O)cc1. The number of nitrogens with one attached hydrogen (secondary N) is 1. The molecule has 6 nitrogen and oxygen atoms in total. The summed E-state index contributed by atoms with van der Waals surface area (Å²) in [5.74, 6) is -3.52. The lowest BCUT2D eigenvalue weighted by Crippen LogP contribution is -2.35. The van der Waals surface area contributed by atoms with E-state index in [2.05, 4.69) is 26.1 Å². The first-order valence-electron chi connectivity index (χ1n) is 9.80. The lowest BCUT2D eigenvalue weighted by Gasteiger charge is -2.24. The van der Waals surface area contributed by atoms with Crippen LogP contribution in [0.4, 0.5) is 5.00 Å². The maximum absolute atomic E-state index is 12.8. The Bertz CT molecular complexity index is 999. The summed E-state index contributed by atoms with van der Waals surface area (Å²) in [6.07, 6.45) is 4.25. The van der Waals surface area contributed by atoms with Crippen molar-refractivity contribution in [3.05, 3.63) is 52.9 Å². The van der Waals surface area contributed by atoms with Gasteiger partial charge in [0.15, 0.2) is 0 Å². The van der Waals surface area contributed by atoms with Crippen LogP contribution in [0.25, 0.3) is 11.1 Å². The Morgan fingerprint density at radius 1 is 1.07 bits per heavy atom. The molecule has 0 radical (unpaired) electrons. The van der Waals surface area contributed by atoms with E-state index in [0.29, 0.717) is 23.4 Å². The fourth-order valence-electron chi connectivity index (χ4n) is 3.64. The Hall–Kier alpha value is -2.93. The maximum atomic E-state index is 12.8. The third-order valence-electron chi connectivity index (χ3n) is 5.42. The molecule has 0 saturated heterocycles. The van der Waals surface area contributed by atoms with Crippen LogP contribution in [-0.2, 0) is 15.0 Å². The lowest BCUT2D eigenvalue weighted by atomic mass is 9.82. The van der Waals surface area contributed by atoms with Crippen molar-refractivity contribution < 1.29 is 19.5 Å². The molecule has 3 rings (SSSR count). The fourth-order valence-corrected chi connectivity index (χ4v) is 4.62. The van der Waals surface area contributed by atoms with Gasteiger partial charge in [0, 0.05) is 10.9 Å². The van der Waals surface area contributed by atoms with Gasteiger partial charge in [-0.2, -0.15) is 0 Å². The second-order valence-corrected chi connectivity index (χ2v) is 9.41. The fraction of sp³-hybridized carbons (Fsp3) is 0.348. The van der Waals surface area contributed by atoms with E-state index in [1.165, 1.54) is 16.9 Å². The first-order chi connectivity index (χ1) is 14.1. The first kappa shape index (κ1) is 21.8. The van der Waals surface area contributed by atoms with Crippen LogP contribution in [0.5, 0.6) is 0 Å². The largest absolute Gasteiger partial charge is 0.481 e. The van der Waals surface area contributed by atoms with Crippen molar-refractivity contribution in [1.82, 2.24) is 0 Å². The predicted octanol–water partition coefficient (Wildman–Crippen LogP) is 4.42. The number of carboxylic acids is 1. The molecule has 1 aromatic carbocycles. The van der Waals surface area contributed by atoms with Crippen molar-refractivity contribution in [2.45, 2.75) is 39.0 Å². The molecule has 0 spiro atoms. The van der Waals surface area contributed by atoms with Crippen LogP contribution in [0.1, 0.15) is 49.5 Å². The van der Waals surface area contributed by atoms with Crippen LogP contribution in [0.3, 0.4) is 0 Å². The number of aliphatic carboxylic acids is 1.